The smallest absolute Gasteiger partial charge is 0.128 e. The molecule has 1 aromatic carbocycles. The first kappa shape index (κ1) is 17.5. The van der Waals surface area contributed by atoms with Crippen molar-refractivity contribution >= 4 is 11.6 Å². The van der Waals surface area contributed by atoms with Crippen LogP contribution in [0.25, 0.3) is 0 Å². The van der Waals surface area contributed by atoms with Crippen molar-refractivity contribution in [2.45, 2.75) is 58.3 Å². The van der Waals surface area contributed by atoms with Crippen LogP contribution in [0.2, 0.25) is 5.02 Å². The molecule has 0 aromatic heterocycles. The number of hydrogen-bond acceptors (Lipinski definition) is 1. The Kier molecular flexibility index (Phi) is 7.53. The van der Waals surface area contributed by atoms with E-state index in [1.54, 1.807) is 12.1 Å². The molecule has 0 aliphatic rings. The second kappa shape index (κ2) is 8.63. The largest absolute Gasteiger partial charge is 0.316 e. The maximum atomic E-state index is 14.4. The SMILES string of the molecule is CCCNCC(CCC)(CCC)c1c(F)cccc1Cl. The molecule has 0 saturated carbocycles. The third kappa shape index (κ3) is 4.20. The van der Waals surface area contributed by atoms with Gasteiger partial charge in [0.1, 0.15) is 5.82 Å². The predicted molar refractivity (Wildman–Crippen MR) is 86.1 cm³/mol. The van der Waals surface area contributed by atoms with E-state index in [9.17, 15) is 4.39 Å². The van der Waals surface area contributed by atoms with E-state index < -0.39 is 0 Å². The fraction of sp³-hybridized carbons (Fsp3) is 0.647. The van der Waals surface area contributed by atoms with Crippen molar-refractivity contribution in [1.82, 2.24) is 5.32 Å². The predicted octanol–water partition coefficient (Wildman–Crippen LogP) is 5.32. The third-order valence-corrected chi connectivity index (χ3v) is 4.16. The summed E-state index contributed by atoms with van der Waals surface area (Å²) >= 11 is 6.33. The van der Waals surface area contributed by atoms with Crippen molar-refractivity contribution in [3.8, 4) is 0 Å². The average molecular weight is 300 g/mol. The summed E-state index contributed by atoms with van der Waals surface area (Å²) in [6.45, 7) is 8.20. The molecule has 1 nitrogen and oxygen atoms in total. The first-order valence-corrected chi connectivity index (χ1v) is 8.14. The summed E-state index contributed by atoms with van der Waals surface area (Å²) in [5, 5.41) is 4.03. The molecular formula is C17H27ClFN. The highest BCUT2D eigenvalue weighted by atomic mass is 35.5. The Hall–Kier alpha value is -0.600. The van der Waals surface area contributed by atoms with E-state index in [0.717, 1.165) is 45.2 Å². The summed E-state index contributed by atoms with van der Waals surface area (Å²) in [6, 6.07) is 5.02. The minimum atomic E-state index is -0.193. The van der Waals surface area contributed by atoms with Gasteiger partial charge in [0, 0.05) is 22.5 Å². The second-order valence-electron chi connectivity index (χ2n) is 5.55. The van der Waals surface area contributed by atoms with E-state index in [4.69, 9.17) is 11.6 Å². The molecule has 0 saturated heterocycles. The highest BCUT2D eigenvalue weighted by Gasteiger charge is 2.34. The Morgan fingerprint density at radius 1 is 1.10 bits per heavy atom. The fourth-order valence-corrected chi connectivity index (χ4v) is 3.47. The molecule has 0 aliphatic heterocycles. The van der Waals surface area contributed by atoms with E-state index in [1.165, 1.54) is 6.07 Å². The molecule has 1 N–H and O–H groups in total. The molecule has 0 aliphatic carbocycles. The molecule has 0 heterocycles. The molecule has 1 rings (SSSR count). The zero-order valence-electron chi connectivity index (χ0n) is 12.9. The Morgan fingerprint density at radius 2 is 1.75 bits per heavy atom. The van der Waals surface area contributed by atoms with Gasteiger partial charge in [-0.2, -0.15) is 0 Å². The van der Waals surface area contributed by atoms with Gasteiger partial charge in [0.25, 0.3) is 0 Å². The minimum Gasteiger partial charge on any atom is -0.316 e. The van der Waals surface area contributed by atoms with E-state index in [2.05, 4.69) is 26.1 Å². The van der Waals surface area contributed by atoms with Crippen LogP contribution in [0.4, 0.5) is 4.39 Å². The first-order valence-electron chi connectivity index (χ1n) is 7.76. The van der Waals surface area contributed by atoms with Crippen molar-refractivity contribution in [3.63, 3.8) is 0 Å². The van der Waals surface area contributed by atoms with Gasteiger partial charge in [0.05, 0.1) is 0 Å². The number of hydrogen-bond donors (Lipinski definition) is 1. The molecule has 114 valence electrons. The first-order chi connectivity index (χ1) is 9.61. The van der Waals surface area contributed by atoms with E-state index in [-0.39, 0.29) is 11.2 Å². The van der Waals surface area contributed by atoms with E-state index in [1.807, 2.05) is 0 Å². The molecule has 0 spiro atoms. The average Bonchev–Trinajstić information content (AvgIpc) is 2.39. The number of halogens is 2. The summed E-state index contributed by atoms with van der Waals surface area (Å²) in [5.41, 5.74) is 0.509. The lowest BCUT2D eigenvalue weighted by atomic mass is 9.73. The van der Waals surface area contributed by atoms with Gasteiger partial charge >= 0.3 is 0 Å². The topological polar surface area (TPSA) is 12.0 Å². The van der Waals surface area contributed by atoms with Crippen LogP contribution < -0.4 is 5.32 Å². The summed E-state index contributed by atoms with van der Waals surface area (Å²) < 4.78 is 14.4. The Labute approximate surface area is 127 Å². The Bertz CT molecular complexity index is 380. The maximum absolute atomic E-state index is 14.4. The Morgan fingerprint density at radius 3 is 2.25 bits per heavy atom. The molecule has 0 unspecified atom stereocenters. The van der Waals surface area contributed by atoms with Crippen LogP contribution in [0, 0.1) is 5.82 Å². The molecule has 0 amide bonds. The highest BCUT2D eigenvalue weighted by molar-refractivity contribution is 6.31. The lowest BCUT2D eigenvalue weighted by Gasteiger charge is -2.35. The van der Waals surface area contributed by atoms with Crippen LogP contribution in [0.3, 0.4) is 0 Å². The van der Waals surface area contributed by atoms with E-state index >= 15 is 0 Å². The molecule has 3 heteroatoms. The van der Waals surface area contributed by atoms with Crippen LogP contribution in [-0.2, 0) is 5.41 Å². The van der Waals surface area contributed by atoms with Gasteiger partial charge in [-0.3, -0.25) is 0 Å². The molecule has 0 radical (unpaired) electrons. The maximum Gasteiger partial charge on any atom is 0.128 e. The molecular weight excluding hydrogens is 273 g/mol. The quantitative estimate of drug-likeness (QED) is 0.609. The van der Waals surface area contributed by atoms with Crippen molar-refractivity contribution in [2.75, 3.05) is 13.1 Å². The zero-order chi connectivity index (χ0) is 15.0. The van der Waals surface area contributed by atoms with Crippen LogP contribution in [0.5, 0.6) is 0 Å². The number of rotatable bonds is 9. The van der Waals surface area contributed by atoms with Crippen molar-refractivity contribution in [3.05, 3.63) is 34.6 Å². The molecule has 0 bridgehead atoms. The lowest BCUT2D eigenvalue weighted by Crippen LogP contribution is -2.39. The molecule has 20 heavy (non-hydrogen) atoms. The van der Waals surface area contributed by atoms with Gasteiger partial charge in [-0.05, 0) is 37.9 Å². The number of benzene rings is 1. The number of nitrogens with one attached hydrogen (secondary N) is 1. The van der Waals surface area contributed by atoms with Gasteiger partial charge in [-0.1, -0.05) is 51.3 Å². The standard InChI is InChI=1S/C17H27ClFN/c1-4-10-17(11-5-2,13-20-12-6-3)16-14(18)8-7-9-15(16)19/h7-9,20H,4-6,10-13H2,1-3H3. The summed E-state index contributed by atoms with van der Waals surface area (Å²) in [5.74, 6) is -0.169. The lowest BCUT2D eigenvalue weighted by molar-refractivity contribution is 0.324. The summed E-state index contributed by atoms with van der Waals surface area (Å²) in [7, 11) is 0. The van der Waals surface area contributed by atoms with Gasteiger partial charge in [0.15, 0.2) is 0 Å². The van der Waals surface area contributed by atoms with Crippen LogP contribution in [0.1, 0.15) is 58.4 Å². The van der Waals surface area contributed by atoms with Crippen LogP contribution in [0.15, 0.2) is 18.2 Å². The normalized spacial score (nSPS) is 11.8. The monoisotopic (exact) mass is 299 g/mol. The van der Waals surface area contributed by atoms with Gasteiger partial charge < -0.3 is 5.32 Å². The van der Waals surface area contributed by atoms with Gasteiger partial charge in [0.2, 0.25) is 0 Å². The highest BCUT2D eigenvalue weighted by Crippen LogP contribution is 2.39. The summed E-state index contributed by atoms with van der Waals surface area (Å²) in [4.78, 5) is 0. The van der Waals surface area contributed by atoms with Crippen LogP contribution in [-0.4, -0.2) is 13.1 Å². The minimum absolute atomic E-state index is 0.169. The van der Waals surface area contributed by atoms with Crippen LogP contribution >= 0.6 is 11.6 Å². The molecule has 1 aromatic rings. The van der Waals surface area contributed by atoms with E-state index in [0.29, 0.717) is 10.6 Å². The molecule has 0 fully saturated rings. The van der Waals surface area contributed by atoms with Crippen molar-refractivity contribution in [1.29, 1.82) is 0 Å². The second-order valence-corrected chi connectivity index (χ2v) is 5.96. The van der Waals surface area contributed by atoms with Gasteiger partial charge in [-0.15, -0.1) is 0 Å². The summed E-state index contributed by atoms with van der Waals surface area (Å²) in [6.07, 6.45) is 5.05. The zero-order valence-corrected chi connectivity index (χ0v) is 13.7. The molecule has 0 atom stereocenters. The third-order valence-electron chi connectivity index (χ3n) is 3.84. The van der Waals surface area contributed by atoms with Crippen molar-refractivity contribution < 1.29 is 4.39 Å². The fourth-order valence-electron chi connectivity index (χ4n) is 3.11. The van der Waals surface area contributed by atoms with Gasteiger partial charge in [-0.25, -0.2) is 4.39 Å². The Balaban J connectivity index is 3.18. The van der Waals surface area contributed by atoms with Crippen molar-refractivity contribution in [2.24, 2.45) is 0 Å².